The van der Waals surface area contributed by atoms with Crippen molar-refractivity contribution in [2.75, 3.05) is 4.90 Å². The summed E-state index contributed by atoms with van der Waals surface area (Å²) in [6, 6.07) is 8.40. The van der Waals surface area contributed by atoms with Gasteiger partial charge in [0.25, 0.3) is 5.56 Å². The summed E-state index contributed by atoms with van der Waals surface area (Å²) in [4.78, 5) is 23.3. The van der Waals surface area contributed by atoms with Crippen LogP contribution in [0.4, 0.5) is 14.6 Å². The summed E-state index contributed by atoms with van der Waals surface area (Å²) in [5, 5.41) is 14.1. The number of phenolic OH excluding ortho intramolecular Hbond substituents is 1. The molecule has 7 nitrogen and oxygen atoms in total. The number of hydrogen-bond donors (Lipinski definition) is 2. The van der Waals surface area contributed by atoms with E-state index in [0.717, 1.165) is 36.7 Å². The molecule has 0 radical (unpaired) electrons. The molecule has 2 aliphatic heterocycles. The van der Waals surface area contributed by atoms with Gasteiger partial charge in [0.1, 0.15) is 17.7 Å². The Morgan fingerprint density at radius 2 is 1.91 bits per heavy atom. The fraction of sp³-hybridized carbons (Fsp3) is 0.423. The van der Waals surface area contributed by atoms with Gasteiger partial charge >= 0.3 is 0 Å². The van der Waals surface area contributed by atoms with Crippen LogP contribution in [-0.4, -0.2) is 50.0 Å². The maximum atomic E-state index is 15.3. The van der Waals surface area contributed by atoms with E-state index in [1.807, 2.05) is 0 Å². The van der Waals surface area contributed by atoms with Gasteiger partial charge in [0, 0.05) is 36.0 Å². The molecular weight excluding hydrogens is 452 g/mol. The second-order valence-corrected chi connectivity index (χ2v) is 9.77. The van der Waals surface area contributed by atoms with Gasteiger partial charge in [-0.3, -0.25) is 14.3 Å². The van der Waals surface area contributed by atoms with Crippen molar-refractivity contribution < 1.29 is 13.9 Å². The highest BCUT2D eigenvalue weighted by Gasteiger charge is 2.48. The summed E-state index contributed by atoms with van der Waals surface area (Å²) < 4.78 is 29.0. The molecule has 35 heavy (non-hydrogen) atoms. The molecule has 4 heterocycles. The van der Waals surface area contributed by atoms with Crippen molar-refractivity contribution in [2.24, 2.45) is 0 Å². The van der Waals surface area contributed by atoms with Gasteiger partial charge < -0.3 is 15.3 Å². The summed E-state index contributed by atoms with van der Waals surface area (Å²) in [6.07, 6.45) is 8.49. The number of rotatable bonds is 6. The number of piperidine rings is 1. The van der Waals surface area contributed by atoms with Crippen LogP contribution in [0.1, 0.15) is 32.1 Å². The zero-order chi connectivity index (χ0) is 24.1. The monoisotopic (exact) mass is 479 g/mol. The summed E-state index contributed by atoms with van der Waals surface area (Å²) in [7, 11) is 0. The highest BCUT2D eigenvalue weighted by molar-refractivity contribution is 5.74. The van der Waals surface area contributed by atoms with E-state index in [-0.39, 0.29) is 17.8 Å². The van der Waals surface area contributed by atoms with Gasteiger partial charge in [0.05, 0.1) is 24.1 Å². The molecule has 2 N–H and O–H groups in total. The second kappa shape index (κ2) is 8.71. The first-order chi connectivity index (χ1) is 17.0. The molecule has 3 aromatic rings. The maximum Gasteiger partial charge on any atom is 0.253 e. The van der Waals surface area contributed by atoms with E-state index < -0.39 is 18.5 Å². The SMILES string of the molecule is O=c1cc(-c2ccc(-c3cnc(N(C4CC4)[C@@H]4C[C@H]5CC[C@H](N5)[C@@H]4F)cn3)c(O)c2)ccn1CF. The van der Waals surface area contributed by atoms with E-state index >= 15 is 4.39 Å². The van der Waals surface area contributed by atoms with Gasteiger partial charge in [-0.2, -0.15) is 0 Å². The number of phenols is 1. The Kier molecular flexibility index (Phi) is 5.51. The van der Waals surface area contributed by atoms with Crippen LogP contribution in [0.15, 0.2) is 53.7 Å². The third kappa shape index (κ3) is 4.07. The Morgan fingerprint density at radius 1 is 1.09 bits per heavy atom. The van der Waals surface area contributed by atoms with E-state index in [4.69, 9.17) is 0 Å². The number of nitrogens with one attached hydrogen (secondary N) is 1. The van der Waals surface area contributed by atoms with E-state index in [1.165, 1.54) is 12.3 Å². The molecule has 3 aliphatic rings. The minimum Gasteiger partial charge on any atom is -0.507 e. The van der Waals surface area contributed by atoms with Crippen LogP contribution >= 0.6 is 0 Å². The molecule has 0 amide bonds. The molecule has 2 aromatic heterocycles. The van der Waals surface area contributed by atoms with Crippen molar-refractivity contribution in [3.05, 3.63) is 59.3 Å². The van der Waals surface area contributed by atoms with Crippen molar-refractivity contribution >= 4 is 5.82 Å². The van der Waals surface area contributed by atoms with Crippen molar-refractivity contribution in [1.29, 1.82) is 0 Å². The molecule has 9 heteroatoms. The second-order valence-electron chi connectivity index (χ2n) is 9.77. The number of alkyl halides is 2. The van der Waals surface area contributed by atoms with Crippen LogP contribution in [0.2, 0.25) is 0 Å². The molecule has 182 valence electrons. The van der Waals surface area contributed by atoms with Crippen LogP contribution in [-0.2, 0) is 6.80 Å². The molecule has 1 aliphatic carbocycles. The standard InChI is InChI=1S/C26H27F2N5O2/c27-14-32-8-7-16(10-25(32)35)15-1-5-19(23(34)9-15)21-12-30-24(13-29-21)33(18-3-4-18)22-11-17-2-6-20(31-17)26(22)28/h1,5,7-10,12-13,17-18,20,22,26,31,34H,2-4,6,11,14H2/t17-,20+,22-,26+/m1/s1. The number of aromatic nitrogens is 3. The third-order valence-electron chi connectivity index (χ3n) is 7.49. The number of halogens is 2. The minimum absolute atomic E-state index is 0.00276. The Bertz CT molecular complexity index is 1290. The number of benzene rings is 1. The number of nitrogens with zero attached hydrogens (tertiary/aromatic N) is 4. The number of anilines is 1. The topological polar surface area (TPSA) is 83.3 Å². The fourth-order valence-corrected chi connectivity index (χ4v) is 5.53. The Balaban J connectivity index is 1.25. The number of hydrogen-bond acceptors (Lipinski definition) is 6. The molecule has 3 fully saturated rings. The molecule has 0 spiro atoms. The highest BCUT2D eigenvalue weighted by atomic mass is 19.1. The molecule has 2 bridgehead atoms. The van der Waals surface area contributed by atoms with Crippen molar-refractivity contribution in [2.45, 2.75) is 69.2 Å². The zero-order valence-electron chi connectivity index (χ0n) is 19.1. The maximum absolute atomic E-state index is 15.3. The quantitative estimate of drug-likeness (QED) is 0.560. The van der Waals surface area contributed by atoms with E-state index in [0.29, 0.717) is 40.3 Å². The Labute approximate surface area is 201 Å². The molecule has 1 saturated carbocycles. The van der Waals surface area contributed by atoms with Crippen molar-refractivity contribution in [1.82, 2.24) is 19.9 Å². The lowest BCUT2D eigenvalue weighted by atomic mass is 9.96. The van der Waals surface area contributed by atoms with E-state index in [1.54, 1.807) is 36.7 Å². The molecule has 4 atom stereocenters. The van der Waals surface area contributed by atoms with Crippen LogP contribution < -0.4 is 15.8 Å². The summed E-state index contributed by atoms with van der Waals surface area (Å²) in [6.45, 7) is -0.888. The Morgan fingerprint density at radius 3 is 2.60 bits per heavy atom. The number of pyridine rings is 1. The number of aromatic hydroxyl groups is 1. The molecule has 6 rings (SSSR count). The third-order valence-corrected chi connectivity index (χ3v) is 7.49. The largest absolute Gasteiger partial charge is 0.507 e. The molecule has 0 unspecified atom stereocenters. The predicted octanol–water partition coefficient (Wildman–Crippen LogP) is 3.80. The van der Waals surface area contributed by atoms with Gasteiger partial charge in [-0.25, -0.2) is 13.8 Å². The van der Waals surface area contributed by atoms with E-state index in [2.05, 4.69) is 20.2 Å². The van der Waals surface area contributed by atoms with Gasteiger partial charge in [0.2, 0.25) is 0 Å². The summed E-state index contributed by atoms with van der Waals surface area (Å²) in [5.74, 6) is 0.673. The average Bonchev–Trinajstić information content (AvgIpc) is 3.62. The zero-order valence-corrected chi connectivity index (χ0v) is 19.1. The lowest BCUT2D eigenvalue weighted by molar-refractivity contribution is 0.171. The van der Waals surface area contributed by atoms with Gasteiger partial charge in [0.15, 0.2) is 6.80 Å². The van der Waals surface area contributed by atoms with Gasteiger partial charge in [-0.15, -0.1) is 0 Å². The first-order valence-corrected chi connectivity index (χ1v) is 12.1. The molecule has 1 aromatic carbocycles. The minimum atomic E-state index is -0.931. The fourth-order valence-electron chi connectivity index (χ4n) is 5.53. The van der Waals surface area contributed by atoms with Crippen molar-refractivity contribution in [3.8, 4) is 28.1 Å². The highest BCUT2D eigenvalue weighted by Crippen LogP contribution is 2.40. The molecule has 2 saturated heterocycles. The molecular formula is C26H27F2N5O2. The van der Waals surface area contributed by atoms with Crippen molar-refractivity contribution in [3.63, 3.8) is 0 Å². The van der Waals surface area contributed by atoms with Crippen LogP contribution in [0, 0.1) is 0 Å². The normalized spacial score (nSPS) is 25.5. The first kappa shape index (κ1) is 22.2. The smallest absolute Gasteiger partial charge is 0.253 e. The average molecular weight is 480 g/mol. The first-order valence-electron chi connectivity index (χ1n) is 12.1. The van der Waals surface area contributed by atoms with Crippen LogP contribution in [0.5, 0.6) is 5.75 Å². The lowest BCUT2D eigenvalue weighted by Gasteiger charge is -2.41. The van der Waals surface area contributed by atoms with Crippen LogP contribution in [0.25, 0.3) is 22.4 Å². The lowest BCUT2D eigenvalue weighted by Crippen LogP contribution is -2.57. The van der Waals surface area contributed by atoms with Gasteiger partial charge in [-0.1, -0.05) is 6.07 Å². The Hall–Kier alpha value is -3.33. The van der Waals surface area contributed by atoms with E-state index in [9.17, 15) is 14.3 Å². The van der Waals surface area contributed by atoms with Crippen LogP contribution in [0.3, 0.4) is 0 Å². The summed E-state index contributed by atoms with van der Waals surface area (Å²) in [5.41, 5.74) is 1.77. The predicted molar refractivity (Wildman–Crippen MR) is 129 cm³/mol. The number of fused-ring (bicyclic) bond motifs is 2. The van der Waals surface area contributed by atoms with Gasteiger partial charge in [-0.05, 0) is 61.4 Å². The summed E-state index contributed by atoms with van der Waals surface area (Å²) >= 11 is 0.